The fourth-order valence-electron chi connectivity index (χ4n) is 1.44. The van der Waals surface area contributed by atoms with E-state index in [2.05, 4.69) is 15.5 Å². The second-order valence-electron chi connectivity index (χ2n) is 3.69. The Morgan fingerprint density at radius 1 is 1.56 bits per heavy atom. The van der Waals surface area contributed by atoms with Crippen molar-refractivity contribution >= 4 is 17.3 Å². The van der Waals surface area contributed by atoms with Crippen molar-refractivity contribution in [2.45, 2.75) is 13.5 Å². The molecule has 0 fully saturated rings. The van der Waals surface area contributed by atoms with Gasteiger partial charge in [-0.05, 0) is 18.2 Å². The van der Waals surface area contributed by atoms with Gasteiger partial charge >= 0.3 is 5.97 Å². The maximum absolute atomic E-state index is 10.7. The third kappa shape index (κ3) is 2.57. The summed E-state index contributed by atoms with van der Waals surface area (Å²) in [6.07, 6.45) is 0. The number of aromatic nitrogens is 2. The topological polar surface area (TPSA) is 114 Å². The van der Waals surface area contributed by atoms with Gasteiger partial charge in [-0.25, -0.2) is 4.79 Å². The quantitative estimate of drug-likeness (QED) is 0.698. The van der Waals surface area contributed by atoms with Crippen molar-refractivity contribution in [3.63, 3.8) is 0 Å². The first-order chi connectivity index (χ1) is 8.56. The zero-order chi connectivity index (χ0) is 13.1. The summed E-state index contributed by atoms with van der Waals surface area (Å²) in [5, 5.41) is 15.5. The van der Waals surface area contributed by atoms with Crippen LogP contribution < -0.4 is 11.1 Å². The average molecular weight is 248 g/mol. The zero-order valence-electron chi connectivity index (χ0n) is 9.67. The molecule has 1 heterocycles. The summed E-state index contributed by atoms with van der Waals surface area (Å²) in [7, 11) is 0. The molecule has 0 atom stereocenters. The molecule has 0 aliphatic carbocycles. The molecular weight excluding hydrogens is 236 g/mol. The lowest BCUT2D eigenvalue weighted by Gasteiger charge is -2.07. The number of rotatable bonds is 4. The molecular formula is C11H12N4O3. The molecule has 0 amide bonds. The van der Waals surface area contributed by atoms with Crippen molar-refractivity contribution < 1.29 is 14.4 Å². The van der Waals surface area contributed by atoms with Crippen molar-refractivity contribution in [3.05, 3.63) is 35.5 Å². The van der Waals surface area contributed by atoms with Gasteiger partial charge in [0, 0.05) is 6.92 Å². The molecule has 0 radical (unpaired) electrons. The number of nitrogens with one attached hydrogen (secondary N) is 1. The number of hydrogen-bond acceptors (Lipinski definition) is 6. The van der Waals surface area contributed by atoms with Crippen LogP contribution in [0.15, 0.2) is 22.7 Å². The fraction of sp³-hybridized carbons (Fsp3) is 0.182. The zero-order valence-corrected chi connectivity index (χ0v) is 9.67. The van der Waals surface area contributed by atoms with Crippen LogP contribution in [0.5, 0.6) is 0 Å². The Kier molecular flexibility index (Phi) is 3.13. The smallest absolute Gasteiger partial charge is 0.335 e. The van der Waals surface area contributed by atoms with E-state index in [1.54, 1.807) is 13.0 Å². The standard InChI is InChI=1S/C11H12N4O3/c1-6-14-10(15-18-6)5-13-9-3-2-7(11(16)17)4-8(9)12/h2-4,13H,5,12H2,1H3,(H,16,17). The molecule has 0 aliphatic rings. The van der Waals surface area contributed by atoms with Gasteiger partial charge in [-0.2, -0.15) is 4.98 Å². The number of aryl methyl sites for hydroxylation is 1. The van der Waals surface area contributed by atoms with Crippen LogP contribution >= 0.6 is 0 Å². The summed E-state index contributed by atoms with van der Waals surface area (Å²) in [6.45, 7) is 2.06. The Morgan fingerprint density at radius 3 is 2.89 bits per heavy atom. The second kappa shape index (κ2) is 4.74. The molecule has 0 unspecified atom stereocenters. The number of nitrogen functional groups attached to an aromatic ring is 1. The molecule has 1 aromatic carbocycles. The first-order valence-electron chi connectivity index (χ1n) is 5.22. The summed E-state index contributed by atoms with van der Waals surface area (Å²) in [5.74, 6) is -0.0164. The highest BCUT2D eigenvalue weighted by molar-refractivity contribution is 5.90. The van der Waals surface area contributed by atoms with E-state index in [4.69, 9.17) is 15.4 Å². The Labute approximate surface area is 103 Å². The molecule has 1 aromatic heterocycles. The van der Waals surface area contributed by atoms with Gasteiger partial charge in [0.15, 0.2) is 5.82 Å². The minimum atomic E-state index is -1.01. The number of nitrogens with two attached hydrogens (primary N) is 1. The van der Waals surface area contributed by atoms with Crippen molar-refractivity contribution in [1.82, 2.24) is 10.1 Å². The molecule has 7 heteroatoms. The lowest BCUT2D eigenvalue weighted by molar-refractivity contribution is 0.0697. The summed E-state index contributed by atoms with van der Waals surface area (Å²) in [6, 6.07) is 4.47. The molecule has 0 saturated heterocycles. The Morgan fingerprint density at radius 2 is 2.33 bits per heavy atom. The number of carbonyl (C=O) groups is 1. The summed E-state index contributed by atoms with van der Waals surface area (Å²) in [5.41, 5.74) is 6.87. The maximum Gasteiger partial charge on any atom is 0.335 e. The Hall–Kier alpha value is -2.57. The van der Waals surface area contributed by atoms with Crippen LogP contribution in [0.4, 0.5) is 11.4 Å². The predicted octanol–water partition coefficient (Wildman–Crippen LogP) is 1.27. The minimum absolute atomic E-state index is 0.147. The molecule has 2 rings (SSSR count). The first-order valence-corrected chi connectivity index (χ1v) is 5.22. The van der Waals surface area contributed by atoms with Crippen LogP contribution in [-0.4, -0.2) is 21.2 Å². The number of aromatic carboxylic acids is 1. The van der Waals surface area contributed by atoms with E-state index in [0.717, 1.165) is 0 Å². The SMILES string of the molecule is Cc1nc(CNc2ccc(C(=O)O)cc2N)no1. The molecule has 94 valence electrons. The first kappa shape index (κ1) is 11.9. The number of nitrogens with zero attached hydrogens (tertiary/aromatic N) is 2. The molecule has 0 bridgehead atoms. The molecule has 0 aliphatic heterocycles. The van der Waals surface area contributed by atoms with Gasteiger partial charge < -0.3 is 20.7 Å². The van der Waals surface area contributed by atoms with Crippen LogP contribution in [0.25, 0.3) is 0 Å². The van der Waals surface area contributed by atoms with E-state index in [-0.39, 0.29) is 5.56 Å². The molecule has 4 N–H and O–H groups in total. The Bertz CT molecular complexity index is 579. The monoisotopic (exact) mass is 248 g/mol. The van der Waals surface area contributed by atoms with Gasteiger partial charge in [0.1, 0.15) is 0 Å². The lowest BCUT2D eigenvalue weighted by Crippen LogP contribution is -2.05. The minimum Gasteiger partial charge on any atom is -0.478 e. The van der Waals surface area contributed by atoms with E-state index < -0.39 is 5.97 Å². The number of anilines is 2. The molecule has 7 nitrogen and oxygen atoms in total. The summed E-state index contributed by atoms with van der Waals surface area (Å²) < 4.78 is 4.82. The average Bonchev–Trinajstić information content (AvgIpc) is 2.73. The Balaban J connectivity index is 2.08. The van der Waals surface area contributed by atoms with Crippen molar-refractivity contribution in [2.75, 3.05) is 11.1 Å². The van der Waals surface area contributed by atoms with E-state index >= 15 is 0 Å². The summed E-state index contributed by atoms with van der Waals surface area (Å²) in [4.78, 5) is 14.8. The van der Waals surface area contributed by atoms with Gasteiger partial charge in [0.2, 0.25) is 5.89 Å². The molecule has 0 saturated carbocycles. The van der Waals surface area contributed by atoms with E-state index in [0.29, 0.717) is 29.6 Å². The molecule has 18 heavy (non-hydrogen) atoms. The van der Waals surface area contributed by atoms with Crippen LogP contribution in [0.3, 0.4) is 0 Å². The highest BCUT2D eigenvalue weighted by atomic mass is 16.5. The fourth-order valence-corrected chi connectivity index (χ4v) is 1.44. The van der Waals surface area contributed by atoms with Gasteiger partial charge in [0.05, 0.1) is 23.5 Å². The normalized spacial score (nSPS) is 10.3. The third-order valence-corrected chi connectivity index (χ3v) is 2.31. The highest BCUT2D eigenvalue weighted by Crippen LogP contribution is 2.20. The number of carboxylic acids is 1. The van der Waals surface area contributed by atoms with Crippen LogP contribution in [0, 0.1) is 6.92 Å². The largest absolute Gasteiger partial charge is 0.478 e. The van der Waals surface area contributed by atoms with Gasteiger partial charge in [-0.3, -0.25) is 0 Å². The van der Waals surface area contributed by atoms with E-state index in [1.165, 1.54) is 12.1 Å². The predicted molar refractivity (Wildman–Crippen MR) is 64.2 cm³/mol. The van der Waals surface area contributed by atoms with Gasteiger partial charge in [-0.1, -0.05) is 5.16 Å². The van der Waals surface area contributed by atoms with Crippen LogP contribution in [-0.2, 0) is 6.54 Å². The number of benzene rings is 1. The highest BCUT2D eigenvalue weighted by Gasteiger charge is 2.07. The van der Waals surface area contributed by atoms with Crippen molar-refractivity contribution in [2.24, 2.45) is 0 Å². The number of carboxylic acid groups (broad SMARTS) is 1. The molecule has 0 spiro atoms. The van der Waals surface area contributed by atoms with Gasteiger partial charge in [-0.15, -0.1) is 0 Å². The van der Waals surface area contributed by atoms with Gasteiger partial charge in [0.25, 0.3) is 0 Å². The van der Waals surface area contributed by atoms with Crippen molar-refractivity contribution in [1.29, 1.82) is 0 Å². The molecule has 2 aromatic rings. The van der Waals surface area contributed by atoms with Crippen molar-refractivity contribution in [3.8, 4) is 0 Å². The van der Waals surface area contributed by atoms with Crippen LogP contribution in [0.1, 0.15) is 22.1 Å². The summed E-state index contributed by atoms with van der Waals surface area (Å²) >= 11 is 0. The van der Waals surface area contributed by atoms with E-state index in [9.17, 15) is 4.79 Å². The lowest BCUT2D eigenvalue weighted by atomic mass is 10.2. The van der Waals surface area contributed by atoms with Crippen LogP contribution in [0.2, 0.25) is 0 Å². The second-order valence-corrected chi connectivity index (χ2v) is 3.69. The van der Waals surface area contributed by atoms with E-state index in [1.807, 2.05) is 0 Å². The third-order valence-electron chi connectivity index (χ3n) is 2.31. The maximum atomic E-state index is 10.7. The number of hydrogen-bond donors (Lipinski definition) is 3.